The van der Waals surface area contributed by atoms with Crippen molar-refractivity contribution < 1.29 is 42.9 Å². The van der Waals surface area contributed by atoms with Crippen LogP contribution in [0.15, 0.2) is 0 Å². The molecule has 1 aliphatic carbocycles. The van der Waals surface area contributed by atoms with Crippen LogP contribution in [0.2, 0.25) is 0 Å². The molecule has 0 spiro atoms. The summed E-state index contributed by atoms with van der Waals surface area (Å²) in [5, 5.41) is 8.13. The minimum Gasteiger partial charge on any atom is -0.462 e. The molecule has 0 amide bonds. The minimum absolute atomic E-state index is 0.146. The Morgan fingerprint density at radius 1 is 0.837 bits per heavy atom. The number of rotatable bonds is 9. The number of nitrogens with zero attached hydrogens (tertiary/aromatic N) is 1. The minimum atomic E-state index is -0.772. The molecule has 1 aliphatic heterocycles. The molecule has 1 heterocycles. The second-order valence-electron chi connectivity index (χ2n) is 14.2. The predicted molar refractivity (Wildman–Crippen MR) is 161 cm³/mol. The van der Waals surface area contributed by atoms with E-state index in [4.69, 9.17) is 19.5 Å². The van der Waals surface area contributed by atoms with Crippen LogP contribution >= 0.6 is 0 Å². The molecule has 0 bridgehead atoms. The van der Waals surface area contributed by atoms with E-state index >= 15 is 0 Å². The van der Waals surface area contributed by atoms with E-state index in [1.807, 2.05) is 69.2 Å². The molecule has 10 nitrogen and oxygen atoms in total. The average molecular weight is 610 g/mol. The highest BCUT2D eigenvalue weighted by Gasteiger charge is 2.48. The summed E-state index contributed by atoms with van der Waals surface area (Å²) >= 11 is 0. The Morgan fingerprint density at radius 2 is 1.28 bits per heavy atom. The highest BCUT2D eigenvalue weighted by Crippen LogP contribution is 2.34. The third kappa shape index (κ3) is 12.7. The Hall–Kier alpha value is -2.96. The molecule has 246 valence electrons. The van der Waals surface area contributed by atoms with Crippen molar-refractivity contribution in [3.63, 3.8) is 0 Å². The van der Waals surface area contributed by atoms with Gasteiger partial charge >= 0.3 is 23.9 Å². The summed E-state index contributed by atoms with van der Waals surface area (Å²) in [5.41, 5.74) is -2.31. The zero-order valence-corrected chi connectivity index (χ0v) is 28.6. The van der Waals surface area contributed by atoms with E-state index in [0.29, 0.717) is 38.7 Å². The molecule has 43 heavy (non-hydrogen) atoms. The standard InChI is InChI=1S/C13H22O3.C12H20O4.C8H13NO2/c1-5-12(2,3)11(15)16-13(4)8-6-10(14)7-9-13;1-6-11(2,3)10(14)16-8-9(13)15-7-12(8,4)5;1-4-8(2,3)7(10)11-6-5-9/h5-9H2,1-4H3;8H,6-7H2,1-5H3;4,6H2,1-3H3. The topological polar surface area (TPSA) is 146 Å². The van der Waals surface area contributed by atoms with E-state index in [-0.39, 0.29) is 30.3 Å². The van der Waals surface area contributed by atoms with Gasteiger partial charge in [0.25, 0.3) is 0 Å². The van der Waals surface area contributed by atoms with E-state index < -0.39 is 39.3 Å². The number of carbonyl (C=O) groups is 5. The van der Waals surface area contributed by atoms with E-state index in [9.17, 15) is 24.0 Å². The fourth-order valence-electron chi connectivity index (χ4n) is 3.45. The summed E-state index contributed by atoms with van der Waals surface area (Å²) in [4.78, 5) is 57.5. The number of Topliss-reactive ketones (excluding diaryl/α,β-unsaturated/α-hetero) is 1. The third-order valence-electron chi connectivity index (χ3n) is 8.52. The average Bonchev–Trinajstić information content (AvgIpc) is 3.20. The smallest absolute Gasteiger partial charge is 0.348 e. The summed E-state index contributed by atoms with van der Waals surface area (Å²) in [6.45, 7) is 22.6. The molecule has 0 radical (unpaired) electrons. The maximum Gasteiger partial charge on any atom is 0.348 e. The molecule has 0 aromatic carbocycles. The number of esters is 4. The lowest BCUT2D eigenvalue weighted by molar-refractivity contribution is -0.173. The molecule has 2 fully saturated rings. The first-order chi connectivity index (χ1) is 19.5. The molecular formula is C33H55NO9. The second-order valence-corrected chi connectivity index (χ2v) is 14.2. The monoisotopic (exact) mass is 609 g/mol. The maximum atomic E-state index is 11.9. The van der Waals surface area contributed by atoms with Crippen molar-refractivity contribution in [2.45, 2.75) is 140 Å². The van der Waals surface area contributed by atoms with Gasteiger partial charge in [0.15, 0.2) is 6.61 Å². The van der Waals surface area contributed by atoms with Crippen LogP contribution in [0.25, 0.3) is 0 Å². The van der Waals surface area contributed by atoms with Crippen LogP contribution in [-0.4, -0.2) is 54.6 Å². The number of hydrogen-bond acceptors (Lipinski definition) is 10. The molecule has 0 aromatic heterocycles. The van der Waals surface area contributed by atoms with Crippen molar-refractivity contribution in [1.29, 1.82) is 5.26 Å². The van der Waals surface area contributed by atoms with Gasteiger partial charge in [-0.15, -0.1) is 0 Å². The molecule has 1 saturated heterocycles. The Morgan fingerprint density at radius 3 is 1.67 bits per heavy atom. The zero-order chi connectivity index (χ0) is 33.9. The molecule has 10 heteroatoms. The third-order valence-corrected chi connectivity index (χ3v) is 8.52. The van der Waals surface area contributed by atoms with Crippen molar-refractivity contribution in [3.8, 4) is 6.07 Å². The van der Waals surface area contributed by atoms with Gasteiger partial charge < -0.3 is 18.9 Å². The molecule has 2 aliphatic rings. The Bertz CT molecular complexity index is 1020. The Kier molecular flexibility index (Phi) is 15.1. The van der Waals surface area contributed by atoms with Crippen molar-refractivity contribution in [2.75, 3.05) is 13.2 Å². The van der Waals surface area contributed by atoms with Crippen LogP contribution < -0.4 is 0 Å². The van der Waals surface area contributed by atoms with Crippen LogP contribution in [0.3, 0.4) is 0 Å². The predicted octanol–water partition coefficient (Wildman–Crippen LogP) is 6.27. The van der Waals surface area contributed by atoms with Gasteiger partial charge in [-0.05, 0) is 80.6 Å². The zero-order valence-electron chi connectivity index (χ0n) is 28.6. The van der Waals surface area contributed by atoms with Gasteiger partial charge in [-0.3, -0.25) is 19.2 Å². The van der Waals surface area contributed by atoms with Gasteiger partial charge in [0.1, 0.15) is 24.1 Å². The molecule has 1 unspecified atom stereocenters. The van der Waals surface area contributed by atoms with Crippen LogP contribution in [0.4, 0.5) is 0 Å². The summed E-state index contributed by atoms with van der Waals surface area (Å²) < 4.78 is 20.4. The van der Waals surface area contributed by atoms with Crippen molar-refractivity contribution in [2.24, 2.45) is 21.7 Å². The molecule has 0 N–H and O–H groups in total. The molecule has 1 atom stereocenters. The SMILES string of the molecule is CCC(C)(C)C(=O)OC1(C)CCC(=O)CC1.CCC(C)(C)C(=O)OC1C(=O)OCC1(C)C.CCC(C)(C)C(=O)OCC#N. The van der Waals surface area contributed by atoms with Gasteiger partial charge in [-0.1, -0.05) is 34.6 Å². The number of carbonyl (C=O) groups excluding carboxylic acids is 5. The van der Waals surface area contributed by atoms with Gasteiger partial charge in [0.05, 0.1) is 16.2 Å². The van der Waals surface area contributed by atoms with Crippen LogP contribution in [-0.2, 0) is 42.9 Å². The highest BCUT2D eigenvalue weighted by molar-refractivity contribution is 5.84. The fraction of sp³-hybridized carbons (Fsp3) is 0.818. The van der Waals surface area contributed by atoms with Crippen molar-refractivity contribution >= 4 is 29.7 Å². The Balaban J connectivity index is 0.000000629. The first kappa shape index (κ1) is 40.0. The number of cyclic esters (lactones) is 1. The van der Waals surface area contributed by atoms with Gasteiger partial charge in [-0.25, -0.2) is 4.79 Å². The van der Waals surface area contributed by atoms with Crippen LogP contribution in [0.1, 0.15) is 128 Å². The van der Waals surface area contributed by atoms with Crippen LogP contribution in [0, 0.1) is 33.0 Å². The maximum absolute atomic E-state index is 11.9. The van der Waals surface area contributed by atoms with Gasteiger partial charge in [-0.2, -0.15) is 5.26 Å². The first-order valence-corrected chi connectivity index (χ1v) is 15.2. The van der Waals surface area contributed by atoms with E-state index in [2.05, 4.69) is 4.74 Å². The quantitative estimate of drug-likeness (QED) is 0.216. The molecule has 1 saturated carbocycles. The van der Waals surface area contributed by atoms with E-state index in [1.165, 1.54) is 0 Å². The number of nitriles is 1. The van der Waals surface area contributed by atoms with Crippen molar-refractivity contribution in [1.82, 2.24) is 0 Å². The Labute approximate surface area is 258 Å². The number of ether oxygens (including phenoxy) is 4. The molecule has 2 rings (SSSR count). The van der Waals surface area contributed by atoms with Crippen LogP contribution in [0.5, 0.6) is 0 Å². The fourth-order valence-corrected chi connectivity index (χ4v) is 3.45. The summed E-state index contributed by atoms with van der Waals surface area (Å²) in [6.07, 6.45) is 3.79. The van der Waals surface area contributed by atoms with Crippen molar-refractivity contribution in [3.05, 3.63) is 0 Å². The second kappa shape index (κ2) is 16.2. The lowest BCUT2D eigenvalue weighted by atomic mass is 9.84. The van der Waals surface area contributed by atoms with E-state index in [0.717, 1.165) is 12.8 Å². The summed E-state index contributed by atoms with van der Waals surface area (Å²) in [6, 6.07) is 1.75. The van der Waals surface area contributed by atoms with Gasteiger partial charge in [0, 0.05) is 18.3 Å². The number of hydrogen-bond donors (Lipinski definition) is 0. The first-order valence-electron chi connectivity index (χ1n) is 15.2. The number of ketones is 1. The summed E-state index contributed by atoms with van der Waals surface area (Å²) in [7, 11) is 0. The lowest BCUT2D eigenvalue weighted by Crippen LogP contribution is -2.40. The van der Waals surface area contributed by atoms with Gasteiger partial charge in [0.2, 0.25) is 6.10 Å². The summed E-state index contributed by atoms with van der Waals surface area (Å²) in [5.74, 6) is -0.950. The molecular weight excluding hydrogens is 554 g/mol. The van der Waals surface area contributed by atoms with E-state index in [1.54, 1.807) is 19.9 Å². The largest absolute Gasteiger partial charge is 0.462 e. The highest BCUT2D eigenvalue weighted by atomic mass is 16.6. The normalized spacial score (nSPS) is 19.3. The lowest BCUT2D eigenvalue weighted by Gasteiger charge is -2.35. The molecule has 0 aromatic rings.